The van der Waals surface area contributed by atoms with E-state index >= 15 is 0 Å². The summed E-state index contributed by atoms with van der Waals surface area (Å²) in [6, 6.07) is 5.06. The van der Waals surface area contributed by atoms with Crippen molar-refractivity contribution in [3.63, 3.8) is 0 Å². The van der Waals surface area contributed by atoms with Crippen LogP contribution in [0.4, 0.5) is 4.39 Å². The van der Waals surface area contributed by atoms with Crippen LogP contribution in [0.25, 0.3) is 0 Å². The van der Waals surface area contributed by atoms with Gasteiger partial charge in [-0.1, -0.05) is 19.4 Å². The van der Waals surface area contributed by atoms with E-state index in [1.54, 1.807) is 6.07 Å². The van der Waals surface area contributed by atoms with Gasteiger partial charge in [0.05, 0.1) is 5.56 Å². The molecule has 104 valence electrons. The Morgan fingerprint density at radius 3 is 2.74 bits per heavy atom. The van der Waals surface area contributed by atoms with Crippen LogP contribution in [0.1, 0.15) is 48.5 Å². The third-order valence-corrected chi connectivity index (χ3v) is 3.51. The third-order valence-electron chi connectivity index (χ3n) is 3.51. The number of hydrogen-bond acceptors (Lipinski definition) is 2. The van der Waals surface area contributed by atoms with Crippen LogP contribution in [-0.2, 0) is 6.54 Å². The van der Waals surface area contributed by atoms with Crippen LogP contribution in [0.15, 0.2) is 18.2 Å². The number of carbonyl (C=O) groups is 1. The number of carboxylic acid groups (broad SMARTS) is 1. The summed E-state index contributed by atoms with van der Waals surface area (Å²) in [5, 5.41) is 8.80. The van der Waals surface area contributed by atoms with Crippen molar-refractivity contribution in [1.29, 1.82) is 0 Å². The van der Waals surface area contributed by atoms with Crippen LogP contribution in [0.5, 0.6) is 0 Å². The van der Waals surface area contributed by atoms with Crippen molar-refractivity contribution in [3.05, 3.63) is 35.1 Å². The highest BCUT2D eigenvalue weighted by atomic mass is 19.1. The normalized spacial score (nSPS) is 14.9. The van der Waals surface area contributed by atoms with Crippen molar-refractivity contribution in [2.75, 3.05) is 6.54 Å². The monoisotopic (exact) mass is 265 g/mol. The smallest absolute Gasteiger partial charge is 0.338 e. The zero-order valence-corrected chi connectivity index (χ0v) is 11.2. The lowest BCUT2D eigenvalue weighted by molar-refractivity contribution is 0.0692. The predicted molar refractivity (Wildman–Crippen MR) is 71.7 cm³/mol. The minimum absolute atomic E-state index is 0.254. The van der Waals surface area contributed by atoms with Gasteiger partial charge in [0, 0.05) is 12.6 Å². The molecule has 1 aromatic rings. The molecule has 0 heterocycles. The SMILES string of the molecule is CCCCN(Cc1ccc(C(=O)O)c(F)c1)C1CC1. The lowest BCUT2D eigenvalue weighted by Crippen LogP contribution is -2.26. The first-order chi connectivity index (χ1) is 9.11. The van der Waals surface area contributed by atoms with Crippen LogP contribution >= 0.6 is 0 Å². The molecule has 1 aromatic carbocycles. The molecular formula is C15H20FNO2. The van der Waals surface area contributed by atoms with E-state index in [0.29, 0.717) is 12.6 Å². The van der Waals surface area contributed by atoms with Crippen molar-refractivity contribution < 1.29 is 14.3 Å². The lowest BCUT2D eigenvalue weighted by atomic mass is 10.1. The standard InChI is InChI=1S/C15H20FNO2/c1-2-3-8-17(12-5-6-12)10-11-4-7-13(15(18)19)14(16)9-11/h4,7,9,12H,2-3,5-6,8,10H2,1H3,(H,18,19). The highest BCUT2D eigenvalue weighted by Gasteiger charge is 2.28. The molecule has 0 amide bonds. The molecule has 0 bridgehead atoms. The molecule has 3 nitrogen and oxygen atoms in total. The van der Waals surface area contributed by atoms with Gasteiger partial charge in [-0.25, -0.2) is 9.18 Å². The molecule has 0 aromatic heterocycles. The van der Waals surface area contributed by atoms with Gasteiger partial charge in [0.25, 0.3) is 0 Å². The number of hydrogen-bond donors (Lipinski definition) is 1. The summed E-state index contributed by atoms with van der Waals surface area (Å²) in [7, 11) is 0. The molecule has 0 radical (unpaired) electrons. The van der Waals surface area contributed by atoms with Crippen LogP contribution < -0.4 is 0 Å². The van der Waals surface area contributed by atoms with Gasteiger partial charge >= 0.3 is 5.97 Å². The Kier molecular flexibility index (Phi) is 4.53. The van der Waals surface area contributed by atoms with E-state index in [1.807, 2.05) is 0 Å². The maximum absolute atomic E-state index is 13.6. The fourth-order valence-corrected chi connectivity index (χ4v) is 2.26. The van der Waals surface area contributed by atoms with Crippen molar-refractivity contribution >= 4 is 5.97 Å². The van der Waals surface area contributed by atoms with Gasteiger partial charge in [0.1, 0.15) is 5.82 Å². The van der Waals surface area contributed by atoms with Crippen molar-refractivity contribution in [2.24, 2.45) is 0 Å². The molecule has 4 heteroatoms. The van der Waals surface area contributed by atoms with Gasteiger partial charge in [0.15, 0.2) is 0 Å². The maximum atomic E-state index is 13.6. The van der Waals surface area contributed by atoms with Gasteiger partial charge in [-0.15, -0.1) is 0 Å². The van der Waals surface area contributed by atoms with Crippen molar-refractivity contribution in [2.45, 2.75) is 45.2 Å². The third kappa shape index (κ3) is 3.77. The van der Waals surface area contributed by atoms with E-state index in [9.17, 15) is 9.18 Å². The Morgan fingerprint density at radius 2 is 2.21 bits per heavy atom. The van der Waals surface area contributed by atoms with Gasteiger partial charge < -0.3 is 5.11 Å². The molecule has 0 spiro atoms. The van der Waals surface area contributed by atoms with Gasteiger partial charge in [-0.05, 0) is 43.5 Å². The number of aromatic carboxylic acids is 1. The minimum atomic E-state index is -1.21. The molecular weight excluding hydrogens is 245 g/mol. The van der Waals surface area contributed by atoms with E-state index < -0.39 is 11.8 Å². The lowest BCUT2D eigenvalue weighted by Gasteiger charge is -2.21. The number of rotatable bonds is 7. The zero-order chi connectivity index (χ0) is 13.8. The molecule has 0 unspecified atom stereocenters. The Hall–Kier alpha value is -1.42. The summed E-state index contributed by atoms with van der Waals surface area (Å²) in [4.78, 5) is 13.1. The molecule has 0 atom stereocenters. The average molecular weight is 265 g/mol. The van der Waals surface area contributed by atoms with E-state index in [2.05, 4.69) is 11.8 Å². The molecule has 1 saturated carbocycles. The van der Waals surface area contributed by atoms with E-state index in [0.717, 1.165) is 24.9 Å². The minimum Gasteiger partial charge on any atom is -0.478 e. The number of halogens is 1. The molecule has 0 saturated heterocycles. The summed E-state index contributed by atoms with van der Waals surface area (Å²) in [6.07, 6.45) is 4.74. The molecule has 1 aliphatic carbocycles. The molecule has 1 N–H and O–H groups in total. The second-order valence-electron chi connectivity index (χ2n) is 5.17. The highest BCUT2D eigenvalue weighted by molar-refractivity contribution is 5.87. The van der Waals surface area contributed by atoms with E-state index in [-0.39, 0.29) is 5.56 Å². The summed E-state index contributed by atoms with van der Waals surface area (Å²) in [5.74, 6) is -1.86. The summed E-state index contributed by atoms with van der Waals surface area (Å²) in [5.41, 5.74) is 0.598. The first-order valence-corrected chi connectivity index (χ1v) is 6.87. The Bertz CT molecular complexity index is 457. The predicted octanol–water partition coefficient (Wildman–Crippen LogP) is 3.29. The molecule has 0 aliphatic heterocycles. The second-order valence-corrected chi connectivity index (χ2v) is 5.17. The Balaban J connectivity index is 2.04. The topological polar surface area (TPSA) is 40.5 Å². The number of nitrogens with zero attached hydrogens (tertiary/aromatic N) is 1. The summed E-state index contributed by atoms with van der Waals surface area (Å²) < 4.78 is 13.6. The van der Waals surface area contributed by atoms with Gasteiger partial charge in [0.2, 0.25) is 0 Å². The fraction of sp³-hybridized carbons (Fsp3) is 0.533. The van der Waals surface area contributed by atoms with E-state index in [4.69, 9.17) is 5.11 Å². The van der Waals surface area contributed by atoms with E-state index in [1.165, 1.54) is 25.0 Å². The zero-order valence-electron chi connectivity index (χ0n) is 11.2. The number of benzene rings is 1. The van der Waals surface area contributed by atoms with Gasteiger partial charge in [-0.2, -0.15) is 0 Å². The van der Waals surface area contributed by atoms with Crippen molar-refractivity contribution in [3.8, 4) is 0 Å². The highest BCUT2D eigenvalue weighted by Crippen LogP contribution is 2.28. The largest absolute Gasteiger partial charge is 0.478 e. The molecule has 1 fully saturated rings. The fourth-order valence-electron chi connectivity index (χ4n) is 2.26. The molecule has 2 rings (SSSR count). The van der Waals surface area contributed by atoms with Crippen molar-refractivity contribution in [1.82, 2.24) is 4.90 Å². The van der Waals surface area contributed by atoms with Gasteiger partial charge in [-0.3, -0.25) is 4.90 Å². The second kappa shape index (κ2) is 6.15. The molecule has 19 heavy (non-hydrogen) atoms. The molecule has 1 aliphatic rings. The first kappa shape index (κ1) is 14.0. The Labute approximate surface area is 113 Å². The Morgan fingerprint density at radius 1 is 1.47 bits per heavy atom. The van der Waals surface area contributed by atoms with Crippen LogP contribution in [0.2, 0.25) is 0 Å². The maximum Gasteiger partial charge on any atom is 0.338 e. The van der Waals surface area contributed by atoms with Crippen LogP contribution in [0.3, 0.4) is 0 Å². The van der Waals surface area contributed by atoms with Crippen LogP contribution in [0, 0.1) is 5.82 Å². The summed E-state index contributed by atoms with van der Waals surface area (Å²) >= 11 is 0. The number of carboxylic acids is 1. The van der Waals surface area contributed by atoms with Crippen LogP contribution in [-0.4, -0.2) is 28.6 Å². The first-order valence-electron chi connectivity index (χ1n) is 6.87. The number of unbranched alkanes of at least 4 members (excludes halogenated alkanes) is 1. The average Bonchev–Trinajstić information content (AvgIpc) is 3.18. The quantitative estimate of drug-likeness (QED) is 0.822. The summed E-state index contributed by atoms with van der Waals surface area (Å²) in [6.45, 7) is 3.90.